The number of hydrogen-bond acceptors (Lipinski definition) is 4. The van der Waals surface area contributed by atoms with Gasteiger partial charge in [0.05, 0.1) is 17.0 Å². The molecule has 4 rings (SSSR count). The van der Waals surface area contributed by atoms with Crippen molar-refractivity contribution in [3.05, 3.63) is 46.7 Å². The van der Waals surface area contributed by atoms with Gasteiger partial charge in [-0.05, 0) is 42.5 Å². The van der Waals surface area contributed by atoms with E-state index in [0.717, 1.165) is 48.1 Å². The van der Waals surface area contributed by atoms with Crippen LogP contribution in [0.2, 0.25) is 0 Å². The van der Waals surface area contributed by atoms with Crippen molar-refractivity contribution in [1.82, 2.24) is 4.57 Å². The van der Waals surface area contributed by atoms with E-state index in [2.05, 4.69) is 5.32 Å². The number of anilines is 2. The summed E-state index contributed by atoms with van der Waals surface area (Å²) in [6, 6.07) is 11.7. The van der Waals surface area contributed by atoms with Gasteiger partial charge < -0.3 is 19.5 Å². The highest BCUT2D eigenvalue weighted by Gasteiger charge is 2.25. The molecule has 6 nitrogen and oxygen atoms in total. The van der Waals surface area contributed by atoms with Crippen LogP contribution in [0, 0.1) is 5.92 Å². The summed E-state index contributed by atoms with van der Waals surface area (Å²) in [5.74, 6) is 0.917. The van der Waals surface area contributed by atoms with Crippen LogP contribution in [0.4, 0.5) is 11.5 Å². The van der Waals surface area contributed by atoms with Crippen molar-refractivity contribution in [2.75, 3.05) is 31.0 Å². The highest BCUT2D eigenvalue weighted by Crippen LogP contribution is 2.31. The van der Waals surface area contributed by atoms with E-state index in [0.29, 0.717) is 18.0 Å². The fraction of sp³-hybridized carbons (Fsp3) is 0.417. The summed E-state index contributed by atoms with van der Waals surface area (Å²) >= 11 is 1.41. The lowest BCUT2D eigenvalue weighted by Gasteiger charge is -2.26. The Morgan fingerprint density at radius 3 is 2.71 bits per heavy atom. The van der Waals surface area contributed by atoms with Crippen molar-refractivity contribution in [2.45, 2.75) is 38.6 Å². The van der Waals surface area contributed by atoms with Crippen molar-refractivity contribution < 1.29 is 14.3 Å². The number of rotatable bonds is 7. The van der Waals surface area contributed by atoms with Crippen LogP contribution >= 0.6 is 11.3 Å². The van der Waals surface area contributed by atoms with Crippen LogP contribution in [0.5, 0.6) is 0 Å². The topological polar surface area (TPSA) is 63.6 Å². The lowest BCUT2D eigenvalue weighted by atomic mass is 9.88. The Balaban J connectivity index is 1.64. The van der Waals surface area contributed by atoms with Gasteiger partial charge in [0.15, 0.2) is 0 Å². The molecule has 1 fully saturated rings. The molecule has 0 saturated heterocycles. The number of nitrogens with zero attached hydrogens (tertiary/aromatic N) is 2. The van der Waals surface area contributed by atoms with Gasteiger partial charge >= 0.3 is 0 Å². The number of fused-ring (bicyclic) bond motifs is 1. The molecule has 0 spiro atoms. The van der Waals surface area contributed by atoms with E-state index in [9.17, 15) is 9.59 Å². The molecule has 2 aromatic heterocycles. The van der Waals surface area contributed by atoms with Crippen LogP contribution in [0.1, 0.15) is 41.8 Å². The first-order valence-electron chi connectivity index (χ1n) is 10.8. The molecule has 1 saturated carbocycles. The molecule has 1 aromatic carbocycles. The molecule has 0 aliphatic heterocycles. The first kappa shape index (κ1) is 21.6. The minimum Gasteiger partial charge on any atom is -0.383 e. The number of hydrogen-bond donors (Lipinski definition) is 1. The quantitative estimate of drug-likeness (QED) is 0.554. The number of ether oxygens (including phenoxy) is 1. The van der Waals surface area contributed by atoms with Gasteiger partial charge in [-0.15, -0.1) is 11.3 Å². The van der Waals surface area contributed by atoms with Gasteiger partial charge in [-0.2, -0.15) is 0 Å². The normalized spacial score (nSPS) is 14.6. The number of aromatic nitrogens is 1. The maximum atomic E-state index is 13.0. The van der Waals surface area contributed by atoms with Gasteiger partial charge in [0.2, 0.25) is 5.91 Å². The Morgan fingerprint density at radius 2 is 2.00 bits per heavy atom. The van der Waals surface area contributed by atoms with Crippen molar-refractivity contribution >= 4 is 45.6 Å². The van der Waals surface area contributed by atoms with Gasteiger partial charge in [-0.25, -0.2) is 0 Å². The maximum Gasteiger partial charge on any atom is 0.266 e. The van der Waals surface area contributed by atoms with E-state index in [1.54, 1.807) is 12.0 Å². The van der Waals surface area contributed by atoms with Gasteiger partial charge in [0, 0.05) is 37.7 Å². The summed E-state index contributed by atoms with van der Waals surface area (Å²) in [5, 5.41) is 5.94. The molecule has 0 atom stereocenters. The highest BCUT2D eigenvalue weighted by atomic mass is 32.1. The standard InChI is InChI=1S/C24H29N3O3S/c1-26(24(29)17-7-4-3-5-8-17)19-11-10-18-15-22(25-23(28)21-9-6-14-31-21)27(12-13-30-2)20(18)16-19/h6,9-11,14-17H,3-5,7-8,12-13H2,1-2H3,(H,25,28). The number of methoxy groups -OCH3 is 1. The number of carbonyl (C=O) groups is 2. The Hall–Kier alpha value is -2.64. The molecule has 164 valence electrons. The molecule has 3 aromatic rings. The third-order valence-electron chi connectivity index (χ3n) is 6.07. The Bertz CT molecular complexity index is 1050. The molecule has 1 aliphatic rings. The van der Waals surface area contributed by atoms with Crippen LogP contribution in [-0.4, -0.2) is 37.1 Å². The minimum atomic E-state index is -0.124. The van der Waals surface area contributed by atoms with E-state index in [1.807, 2.05) is 53.4 Å². The SMILES string of the molecule is COCCn1c(NC(=O)c2cccs2)cc2ccc(N(C)C(=O)C3CCCCC3)cc21. The Morgan fingerprint density at radius 1 is 1.19 bits per heavy atom. The molecular formula is C24H29N3O3S. The Kier molecular flexibility index (Phi) is 6.73. The zero-order valence-corrected chi connectivity index (χ0v) is 18.9. The van der Waals surface area contributed by atoms with Gasteiger partial charge in [-0.3, -0.25) is 9.59 Å². The average molecular weight is 440 g/mol. The van der Waals surface area contributed by atoms with Crippen LogP contribution in [-0.2, 0) is 16.1 Å². The number of benzene rings is 1. The van der Waals surface area contributed by atoms with Crippen molar-refractivity contribution in [3.8, 4) is 0 Å². The monoisotopic (exact) mass is 439 g/mol. The molecule has 1 aliphatic carbocycles. The van der Waals surface area contributed by atoms with Crippen molar-refractivity contribution in [3.63, 3.8) is 0 Å². The second-order valence-electron chi connectivity index (χ2n) is 8.08. The molecule has 2 amide bonds. The second-order valence-corrected chi connectivity index (χ2v) is 9.03. The number of nitrogens with one attached hydrogen (secondary N) is 1. The molecular weight excluding hydrogens is 410 g/mol. The summed E-state index contributed by atoms with van der Waals surface area (Å²) in [7, 11) is 3.53. The predicted octanol–water partition coefficient (Wildman–Crippen LogP) is 5.14. The summed E-state index contributed by atoms with van der Waals surface area (Å²) in [6.45, 7) is 1.12. The molecule has 0 radical (unpaired) electrons. The Labute approximate surface area is 186 Å². The van der Waals surface area contributed by atoms with Gasteiger partial charge in [0.25, 0.3) is 5.91 Å². The van der Waals surface area contributed by atoms with Crippen molar-refractivity contribution in [1.29, 1.82) is 0 Å². The summed E-state index contributed by atoms with van der Waals surface area (Å²) in [5.41, 5.74) is 1.84. The van der Waals surface area contributed by atoms with E-state index in [-0.39, 0.29) is 17.7 Å². The zero-order chi connectivity index (χ0) is 21.8. The third-order valence-corrected chi connectivity index (χ3v) is 6.93. The first-order chi connectivity index (χ1) is 15.1. The van der Waals surface area contributed by atoms with Crippen LogP contribution in [0.15, 0.2) is 41.8 Å². The average Bonchev–Trinajstić information content (AvgIpc) is 3.45. The van der Waals surface area contributed by atoms with E-state index in [4.69, 9.17) is 4.74 Å². The number of thiophene rings is 1. The van der Waals surface area contributed by atoms with Crippen LogP contribution in [0.25, 0.3) is 10.9 Å². The minimum absolute atomic E-state index is 0.121. The van der Waals surface area contributed by atoms with Gasteiger partial charge in [0.1, 0.15) is 5.82 Å². The van der Waals surface area contributed by atoms with Gasteiger partial charge in [-0.1, -0.05) is 31.4 Å². The zero-order valence-electron chi connectivity index (χ0n) is 18.1. The largest absolute Gasteiger partial charge is 0.383 e. The molecule has 0 bridgehead atoms. The fourth-order valence-corrected chi connectivity index (χ4v) is 4.93. The van der Waals surface area contributed by atoms with E-state index < -0.39 is 0 Å². The smallest absolute Gasteiger partial charge is 0.266 e. The van der Waals surface area contributed by atoms with Crippen LogP contribution < -0.4 is 10.2 Å². The molecule has 1 N–H and O–H groups in total. The molecule has 7 heteroatoms. The van der Waals surface area contributed by atoms with E-state index in [1.165, 1.54) is 17.8 Å². The number of carbonyl (C=O) groups excluding carboxylic acids is 2. The second kappa shape index (κ2) is 9.66. The summed E-state index contributed by atoms with van der Waals surface area (Å²) < 4.78 is 7.34. The maximum absolute atomic E-state index is 13.0. The summed E-state index contributed by atoms with van der Waals surface area (Å²) in [6.07, 6.45) is 5.46. The summed E-state index contributed by atoms with van der Waals surface area (Å²) in [4.78, 5) is 28.1. The fourth-order valence-electron chi connectivity index (χ4n) is 4.31. The highest BCUT2D eigenvalue weighted by molar-refractivity contribution is 7.12. The molecule has 0 unspecified atom stereocenters. The lowest BCUT2D eigenvalue weighted by Crippen LogP contribution is -2.33. The van der Waals surface area contributed by atoms with Crippen molar-refractivity contribution in [2.24, 2.45) is 5.92 Å². The van der Waals surface area contributed by atoms with E-state index >= 15 is 0 Å². The molecule has 2 heterocycles. The first-order valence-corrected chi connectivity index (χ1v) is 11.7. The third kappa shape index (κ3) is 4.67. The molecule has 31 heavy (non-hydrogen) atoms. The lowest BCUT2D eigenvalue weighted by molar-refractivity contribution is -0.123. The number of amides is 2. The van der Waals surface area contributed by atoms with Crippen LogP contribution in [0.3, 0.4) is 0 Å². The predicted molar refractivity (Wildman–Crippen MR) is 126 cm³/mol.